The lowest BCUT2D eigenvalue weighted by Gasteiger charge is -2.10. The zero-order valence-electron chi connectivity index (χ0n) is 26.3. The molecule has 4 rings (SSSR count). The summed E-state index contributed by atoms with van der Waals surface area (Å²) < 4.78 is 22.7. The van der Waals surface area contributed by atoms with Crippen LogP contribution in [-0.4, -0.2) is 38.2 Å². The second-order valence-corrected chi connectivity index (χ2v) is 10.8. The van der Waals surface area contributed by atoms with Crippen LogP contribution in [0.15, 0.2) is 109 Å². The molecule has 0 bridgehead atoms. The van der Waals surface area contributed by atoms with Gasteiger partial charge in [0.2, 0.25) is 11.8 Å². The minimum Gasteiger partial charge on any atom is -0.490 e. The third-order valence-corrected chi connectivity index (χ3v) is 7.06. The van der Waals surface area contributed by atoms with Crippen molar-refractivity contribution in [3.8, 4) is 23.0 Å². The third kappa shape index (κ3) is 13.8. The van der Waals surface area contributed by atoms with Crippen molar-refractivity contribution in [2.24, 2.45) is 0 Å². The minimum absolute atomic E-state index is 0.0123. The van der Waals surface area contributed by atoms with E-state index in [1.807, 2.05) is 109 Å². The number of anilines is 2. The summed E-state index contributed by atoms with van der Waals surface area (Å²) >= 11 is 0. The standard InChI is InChI=1S/C38H44N2O6/c41-37(39-31-19-23-35(24-20-31)45-29-27-43-33-13-7-5-8-14-33)17-11-3-1-2-4-12-18-38(42)40-32-21-25-36(26-22-32)46-30-28-44-34-15-9-6-10-16-34/h5-10,13-16,19-26H,1-4,11-12,17-18,27-30H2,(H,39,41)(H,40,42). The van der Waals surface area contributed by atoms with Crippen LogP contribution in [0.25, 0.3) is 0 Å². The van der Waals surface area contributed by atoms with Gasteiger partial charge in [-0.05, 0) is 85.6 Å². The van der Waals surface area contributed by atoms with Crippen molar-refractivity contribution in [1.29, 1.82) is 0 Å². The number of amides is 2. The Kier molecular flexibility index (Phi) is 14.8. The Bertz CT molecular complexity index is 1300. The summed E-state index contributed by atoms with van der Waals surface area (Å²) in [7, 11) is 0. The number of hydrogen-bond acceptors (Lipinski definition) is 6. The molecule has 0 aliphatic heterocycles. The molecule has 0 aliphatic carbocycles. The first kappa shape index (κ1) is 33.9. The van der Waals surface area contributed by atoms with Gasteiger partial charge in [0.15, 0.2) is 0 Å². The summed E-state index contributed by atoms with van der Waals surface area (Å²) in [5.41, 5.74) is 1.51. The van der Waals surface area contributed by atoms with Crippen LogP contribution in [0.2, 0.25) is 0 Å². The lowest BCUT2D eigenvalue weighted by atomic mass is 10.1. The molecule has 0 atom stereocenters. The molecule has 8 heteroatoms. The highest BCUT2D eigenvalue weighted by Crippen LogP contribution is 2.18. The maximum absolute atomic E-state index is 12.3. The van der Waals surface area contributed by atoms with E-state index in [-0.39, 0.29) is 11.8 Å². The van der Waals surface area contributed by atoms with E-state index in [0.29, 0.717) is 39.3 Å². The first-order valence-corrected chi connectivity index (χ1v) is 16.1. The van der Waals surface area contributed by atoms with Crippen LogP contribution in [0.5, 0.6) is 23.0 Å². The largest absolute Gasteiger partial charge is 0.490 e. The zero-order chi connectivity index (χ0) is 32.1. The molecule has 0 unspecified atom stereocenters. The zero-order valence-corrected chi connectivity index (χ0v) is 26.3. The van der Waals surface area contributed by atoms with E-state index in [9.17, 15) is 9.59 Å². The molecule has 2 amide bonds. The first-order chi connectivity index (χ1) is 22.6. The normalized spacial score (nSPS) is 10.5. The van der Waals surface area contributed by atoms with Gasteiger partial charge in [0.25, 0.3) is 0 Å². The number of carbonyl (C=O) groups excluding carboxylic acids is 2. The van der Waals surface area contributed by atoms with E-state index in [2.05, 4.69) is 10.6 Å². The van der Waals surface area contributed by atoms with Gasteiger partial charge in [-0.2, -0.15) is 0 Å². The Morgan fingerprint density at radius 1 is 0.391 bits per heavy atom. The van der Waals surface area contributed by atoms with E-state index in [0.717, 1.165) is 72.9 Å². The molecule has 242 valence electrons. The van der Waals surface area contributed by atoms with Gasteiger partial charge in [-0.1, -0.05) is 62.1 Å². The monoisotopic (exact) mass is 624 g/mol. The molecule has 4 aromatic rings. The van der Waals surface area contributed by atoms with Crippen molar-refractivity contribution in [1.82, 2.24) is 0 Å². The summed E-state index contributed by atoms with van der Waals surface area (Å²) in [6.45, 7) is 1.78. The average molecular weight is 625 g/mol. The summed E-state index contributed by atoms with van der Waals surface area (Å²) in [6, 6.07) is 34.0. The highest BCUT2D eigenvalue weighted by atomic mass is 16.5. The van der Waals surface area contributed by atoms with Gasteiger partial charge < -0.3 is 29.6 Å². The van der Waals surface area contributed by atoms with E-state index < -0.39 is 0 Å². The van der Waals surface area contributed by atoms with Gasteiger partial charge >= 0.3 is 0 Å². The molecule has 0 saturated heterocycles. The molecule has 0 aromatic heterocycles. The van der Waals surface area contributed by atoms with Crippen LogP contribution < -0.4 is 29.6 Å². The van der Waals surface area contributed by atoms with Gasteiger partial charge in [-0.3, -0.25) is 9.59 Å². The molecule has 2 N–H and O–H groups in total. The number of nitrogens with one attached hydrogen (secondary N) is 2. The van der Waals surface area contributed by atoms with Crippen molar-refractivity contribution in [2.75, 3.05) is 37.1 Å². The second-order valence-electron chi connectivity index (χ2n) is 10.8. The van der Waals surface area contributed by atoms with Crippen LogP contribution in [0.4, 0.5) is 11.4 Å². The van der Waals surface area contributed by atoms with E-state index in [4.69, 9.17) is 18.9 Å². The molecule has 0 fully saturated rings. The van der Waals surface area contributed by atoms with Crippen molar-refractivity contribution in [3.05, 3.63) is 109 Å². The lowest BCUT2D eigenvalue weighted by molar-refractivity contribution is -0.117. The third-order valence-electron chi connectivity index (χ3n) is 7.06. The molecule has 0 radical (unpaired) electrons. The molecule has 46 heavy (non-hydrogen) atoms. The topological polar surface area (TPSA) is 95.1 Å². The second kappa shape index (κ2) is 20.1. The Labute approximate surface area is 272 Å². The van der Waals surface area contributed by atoms with Gasteiger partial charge in [0.1, 0.15) is 49.4 Å². The molecule has 0 spiro atoms. The smallest absolute Gasteiger partial charge is 0.224 e. The molecule has 0 heterocycles. The van der Waals surface area contributed by atoms with Crippen LogP contribution in [0.3, 0.4) is 0 Å². The van der Waals surface area contributed by atoms with Crippen molar-refractivity contribution in [3.63, 3.8) is 0 Å². The summed E-state index contributed by atoms with van der Waals surface area (Å²) in [5, 5.41) is 5.89. The summed E-state index contributed by atoms with van der Waals surface area (Å²) in [6.07, 6.45) is 6.74. The van der Waals surface area contributed by atoms with Gasteiger partial charge in [-0.15, -0.1) is 0 Å². The summed E-state index contributed by atoms with van der Waals surface area (Å²) in [5.74, 6) is 3.12. The minimum atomic E-state index is 0.0123. The highest BCUT2D eigenvalue weighted by molar-refractivity contribution is 5.91. The number of hydrogen-bond donors (Lipinski definition) is 2. The van der Waals surface area contributed by atoms with Gasteiger partial charge in [0, 0.05) is 24.2 Å². The summed E-state index contributed by atoms with van der Waals surface area (Å²) in [4.78, 5) is 24.6. The highest BCUT2D eigenvalue weighted by Gasteiger charge is 2.05. The quantitative estimate of drug-likeness (QED) is 0.0906. The number of rotatable bonds is 21. The predicted molar refractivity (Wildman–Crippen MR) is 182 cm³/mol. The molecule has 4 aromatic carbocycles. The van der Waals surface area contributed by atoms with Gasteiger partial charge in [0.05, 0.1) is 0 Å². The van der Waals surface area contributed by atoms with Crippen LogP contribution >= 0.6 is 0 Å². The number of ether oxygens (including phenoxy) is 4. The molecule has 8 nitrogen and oxygen atoms in total. The molecule has 0 saturated carbocycles. The fraction of sp³-hybridized carbons (Fsp3) is 0.316. The SMILES string of the molecule is O=C(CCCCCCCCC(=O)Nc1ccc(OCCOc2ccccc2)cc1)Nc1ccc(OCCOc2ccccc2)cc1. The van der Waals surface area contributed by atoms with Crippen molar-refractivity contribution < 1.29 is 28.5 Å². The Morgan fingerprint density at radius 2 is 0.696 bits per heavy atom. The fourth-order valence-electron chi connectivity index (χ4n) is 4.67. The van der Waals surface area contributed by atoms with Crippen molar-refractivity contribution in [2.45, 2.75) is 51.4 Å². The van der Waals surface area contributed by atoms with Crippen LogP contribution in [0.1, 0.15) is 51.4 Å². The number of carbonyl (C=O) groups is 2. The van der Waals surface area contributed by atoms with Gasteiger partial charge in [-0.25, -0.2) is 0 Å². The first-order valence-electron chi connectivity index (χ1n) is 16.1. The Morgan fingerprint density at radius 3 is 1.04 bits per heavy atom. The molecular weight excluding hydrogens is 580 g/mol. The Hall–Kier alpha value is -4.98. The Balaban J connectivity index is 0.961. The molecular formula is C38H44N2O6. The van der Waals surface area contributed by atoms with E-state index in [1.54, 1.807) is 0 Å². The molecule has 0 aliphatic rings. The van der Waals surface area contributed by atoms with E-state index >= 15 is 0 Å². The lowest BCUT2D eigenvalue weighted by Crippen LogP contribution is -2.11. The van der Waals surface area contributed by atoms with Crippen molar-refractivity contribution >= 4 is 23.2 Å². The van der Waals surface area contributed by atoms with Crippen LogP contribution in [-0.2, 0) is 9.59 Å². The maximum atomic E-state index is 12.3. The number of unbranched alkanes of at least 4 members (excludes halogenated alkanes) is 5. The van der Waals surface area contributed by atoms with E-state index in [1.165, 1.54) is 0 Å². The maximum Gasteiger partial charge on any atom is 0.224 e. The fourth-order valence-corrected chi connectivity index (χ4v) is 4.67. The predicted octanol–water partition coefficient (Wildman–Crippen LogP) is 8.30. The van der Waals surface area contributed by atoms with Crippen LogP contribution in [0, 0.1) is 0 Å². The average Bonchev–Trinajstić information content (AvgIpc) is 3.08. The number of para-hydroxylation sites is 2. The number of benzene rings is 4.